The molecule has 0 heterocycles. The average molecular weight is 249 g/mol. The molecular formula is C14H10ClFO. The van der Waals surface area contributed by atoms with Gasteiger partial charge >= 0.3 is 0 Å². The molecule has 2 aromatic rings. The first-order valence-electron chi connectivity index (χ1n) is 5.14. The zero-order valence-electron chi connectivity index (χ0n) is 9.21. The molecule has 0 radical (unpaired) electrons. The molecule has 0 aliphatic carbocycles. The van der Waals surface area contributed by atoms with Gasteiger partial charge in [0.15, 0.2) is 5.78 Å². The van der Waals surface area contributed by atoms with E-state index in [1.54, 1.807) is 30.3 Å². The molecule has 17 heavy (non-hydrogen) atoms. The van der Waals surface area contributed by atoms with Crippen molar-refractivity contribution in [3.63, 3.8) is 0 Å². The number of halogens is 2. The molecule has 0 bridgehead atoms. The third-order valence-electron chi connectivity index (χ3n) is 2.53. The molecule has 0 aliphatic rings. The van der Waals surface area contributed by atoms with Gasteiger partial charge in [-0.05, 0) is 42.8 Å². The van der Waals surface area contributed by atoms with Gasteiger partial charge in [-0.3, -0.25) is 4.79 Å². The van der Waals surface area contributed by atoms with Crippen molar-refractivity contribution in [3.05, 3.63) is 58.9 Å². The van der Waals surface area contributed by atoms with Gasteiger partial charge in [-0.1, -0.05) is 23.7 Å². The standard InChI is InChI=1S/C14H10ClFO/c1-9(17)11-4-7-14(16)13(8-11)10-2-5-12(15)6-3-10/h2-8H,1H3. The summed E-state index contributed by atoms with van der Waals surface area (Å²) in [5.41, 5.74) is 1.61. The van der Waals surface area contributed by atoms with Crippen LogP contribution in [0.5, 0.6) is 0 Å². The number of benzene rings is 2. The Morgan fingerprint density at radius 3 is 2.35 bits per heavy atom. The topological polar surface area (TPSA) is 17.1 Å². The largest absolute Gasteiger partial charge is 0.295 e. The van der Waals surface area contributed by atoms with E-state index in [4.69, 9.17) is 11.6 Å². The van der Waals surface area contributed by atoms with Gasteiger partial charge in [-0.25, -0.2) is 4.39 Å². The van der Waals surface area contributed by atoms with Crippen LogP contribution in [0.15, 0.2) is 42.5 Å². The summed E-state index contributed by atoms with van der Waals surface area (Å²) in [7, 11) is 0. The van der Waals surface area contributed by atoms with Crippen LogP contribution in [0.1, 0.15) is 17.3 Å². The van der Waals surface area contributed by atoms with Gasteiger partial charge in [0.05, 0.1) is 0 Å². The molecule has 0 aromatic heterocycles. The van der Waals surface area contributed by atoms with Crippen LogP contribution in [-0.4, -0.2) is 5.78 Å². The zero-order valence-corrected chi connectivity index (χ0v) is 9.96. The number of hydrogen-bond donors (Lipinski definition) is 0. The first-order chi connectivity index (χ1) is 8.08. The van der Waals surface area contributed by atoms with Crippen LogP contribution < -0.4 is 0 Å². The van der Waals surface area contributed by atoms with Crippen LogP contribution in [-0.2, 0) is 0 Å². The zero-order chi connectivity index (χ0) is 12.4. The van der Waals surface area contributed by atoms with E-state index < -0.39 is 0 Å². The van der Waals surface area contributed by atoms with Crippen molar-refractivity contribution in [2.24, 2.45) is 0 Å². The Morgan fingerprint density at radius 2 is 1.76 bits per heavy atom. The average Bonchev–Trinajstić information content (AvgIpc) is 2.31. The fraction of sp³-hybridized carbons (Fsp3) is 0.0714. The minimum Gasteiger partial charge on any atom is -0.295 e. The summed E-state index contributed by atoms with van der Waals surface area (Å²) in [6.07, 6.45) is 0. The maximum atomic E-state index is 13.7. The molecule has 0 aliphatic heterocycles. The Balaban J connectivity index is 2.54. The Bertz CT molecular complexity index is 561. The fourth-order valence-corrected chi connectivity index (χ4v) is 1.72. The van der Waals surface area contributed by atoms with Crippen molar-refractivity contribution >= 4 is 17.4 Å². The van der Waals surface area contributed by atoms with Crippen molar-refractivity contribution in [1.82, 2.24) is 0 Å². The number of hydrogen-bond acceptors (Lipinski definition) is 1. The van der Waals surface area contributed by atoms with Gasteiger partial charge in [-0.15, -0.1) is 0 Å². The molecule has 3 heteroatoms. The van der Waals surface area contributed by atoms with Crippen molar-refractivity contribution < 1.29 is 9.18 Å². The second-order valence-electron chi connectivity index (χ2n) is 3.76. The van der Waals surface area contributed by atoms with Gasteiger partial charge in [0.2, 0.25) is 0 Å². The lowest BCUT2D eigenvalue weighted by molar-refractivity contribution is 0.101. The van der Waals surface area contributed by atoms with Crippen LogP contribution in [0, 0.1) is 5.82 Å². The number of Topliss-reactive ketones (excluding diaryl/α,β-unsaturated/α-hetero) is 1. The maximum Gasteiger partial charge on any atom is 0.159 e. The Hall–Kier alpha value is -1.67. The molecule has 0 saturated carbocycles. The minimum atomic E-state index is -0.350. The van der Waals surface area contributed by atoms with E-state index in [0.717, 1.165) is 0 Å². The summed E-state index contributed by atoms with van der Waals surface area (Å²) in [6.45, 7) is 1.46. The monoisotopic (exact) mass is 248 g/mol. The third-order valence-corrected chi connectivity index (χ3v) is 2.78. The van der Waals surface area contributed by atoms with Crippen LogP contribution in [0.25, 0.3) is 11.1 Å². The maximum absolute atomic E-state index is 13.7. The van der Waals surface area contributed by atoms with Crippen molar-refractivity contribution in [3.8, 4) is 11.1 Å². The summed E-state index contributed by atoms with van der Waals surface area (Å²) in [4.78, 5) is 11.3. The molecule has 2 aromatic carbocycles. The van der Waals surface area contributed by atoms with E-state index in [2.05, 4.69) is 0 Å². The van der Waals surface area contributed by atoms with Gasteiger partial charge in [0.25, 0.3) is 0 Å². The highest BCUT2D eigenvalue weighted by Crippen LogP contribution is 2.25. The number of carbonyl (C=O) groups excluding carboxylic acids is 1. The highest BCUT2D eigenvalue weighted by atomic mass is 35.5. The summed E-state index contributed by atoms with van der Waals surface area (Å²) < 4.78 is 13.7. The predicted molar refractivity (Wildman–Crippen MR) is 66.9 cm³/mol. The normalized spacial score (nSPS) is 10.3. The summed E-state index contributed by atoms with van der Waals surface area (Å²) in [5.74, 6) is -0.433. The molecule has 0 spiro atoms. The van der Waals surface area contributed by atoms with Crippen LogP contribution >= 0.6 is 11.6 Å². The molecule has 2 rings (SSSR count). The number of carbonyl (C=O) groups is 1. The highest BCUT2D eigenvalue weighted by Gasteiger charge is 2.08. The van der Waals surface area contributed by atoms with Crippen molar-refractivity contribution in [2.75, 3.05) is 0 Å². The quantitative estimate of drug-likeness (QED) is 0.722. The predicted octanol–water partition coefficient (Wildman–Crippen LogP) is 4.35. The first kappa shape index (κ1) is 11.8. The van der Waals surface area contributed by atoms with Crippen molar-refractivity contribution in [2.45, 2.75) is 6.92 Å². The summed E-state index contributed by atoms with van der Waals surface area (Å²) >= 11 is 5.77. The van der Waals surface area contributed by atoms with E-state index in [0.29, 0.717) is 21.7 Å². The second kappa shape index (κ2) is 4.68. The van der Waals surface area contributed by atoms with E-state index in [9.17, 15) is 9.18 Å². The summed E-state index contributed by atoms with van der Waals surface area (Å²) in [6, 6.07) is 11.2. The van der Waals surface area contributed by atoms with Gasteiger partial charge in [0.1, 0.15) is 5.82 Å². The van der Waals surface area contributed by atoms with E-state index >= 15 is 0 Å². The molecule has 0 N–H and O–H groups in total. The van der Waals surface area contributed by atoms with E-state index in [1.165, 1.54) is 19.1 Å². The lowest BCUT2D eigenvalue weighted by Gasteiger charge is -2.05. The van der Waals surface area contributed by atoms with Gasteiger partial charge in [-0.2, -0.15) is 0 Å². The minimum absolute atomic E-state index is 0.0831. The smallest absolute Gasteiger partial charge is 0.159 e. The number of ketones is 1. The van der Waals surface area contributed by atoms with Crippen LogP contribution in [0.2, 0.25) is 5.02 Å². The van der Waals surface area contributed by atoms with Gasteiger partial charge < -0.3 is 0 Å². The second-order valence-corrected chi connectivity index (χ2v) is 4.19. The Labute approximate surface area is 104 Å². The van der Waals surface area contributed by atoms with E-state index in [-0.39, 0.29) is 11.6 Å². The first-order valence-corrected chi connectivity index (χ1v) is 5.52. The molecular weight excluding hydrogens is 239 g/mol. The molecule has 0 unspecified atom stereocenters. The Morgan fingerprint density at radius 1 is 1.12 bits per heavy atom. The SMILES string of the molecule is CC(=O)c1ccc(F)c(-c2ccc(Cl)cc2)c1. The van der Waals surface area contributed by atoms with Crippen molar-refractivity contribution in [1.29, 1.82) is 0 Å². The highest BCUT2D eigenvalue weighted by molar-refractivity contribution is 6.30. The van der Waals surface area contributed by atoms with Crippen LogP contribution in [0.3, 0.4) is 0 Å². The van der Waals surface area contributed by atoms with E-state index in [1.807, 2.05) is 0 Å². The molecule has 0 amide bonds. The van der Waals surface area contributed by atoms with Gasteiger partial charge in [0, 0.05) is 16.1 Å². The molecule has 0 fully saturated rings. The third kappa shape index (κ3) is 2.53. The molecule has 0 atom stereocenters. The lowest BCUT2D eigenvalue weighted by atomic mass is 10.0. The lowest BCUT2D eigenvalue weighted by Crippen LogP contribution is -1.94. The fourth-order valence-electron chi connectivity index (χ4n) is 1.59. The van der Waals surface area contributed by atoms with Crippen LogP contribution in [0.4, 0.5) is 4.39 Å². The molecule has 86 valence electrons. The molecule has 1 nitrogen and oxygen atoms in total. The summed E-state index contributed by atoms with van der Waals surface area (Å²) in [5, 5.41) is 0.594. The number of rotatable bonds is 2. The molecule has 0 saturated heterocycles. The Kier molecular flexibility index (Phi) is 3.25.